The molecule has 0 aliphatic rings. The van der Waals surface area contributed by atoms with Crippen LogP contribution in [0.15, 0.2) is 6.07 Å². The van der Waals surface area contributed by atoms with Gasteiger partial charge in [0, 0.05) is 6.54 Å². The Morgan fingerprint density at radius 2 is 1.85 bits per heavy atom. The Morgan fingerprint density at radius 3 is 2.35 bits per heavy atom. The molecule has 0 spiro atoms. The molecule has 0 unspecified atom stereocenters. The van der Waals surface area contributed by atoms with E-state index in [0.717, 1.165) is 0 Å². The molecular weight excluding hydrogens is 289 g/mol. The topological polar surface area (TPSA) is 60.8 Å². The smallest absolute Gasteiger partial charge is 0.257 e. The summed E-state index contributed by atoms with van der Waals surface area (Å²) in [5.41, 5.74) is -1.10. The standard InChI is InChI=1S/C11H10F5NO3/c12-6-3-5(8(15)10(19)9(6)16)11(20)17(1-2-18)4-7(13)14/h3,7,18-19H,1-2,4H2. The second kappa shape index (κ2) is 6.51. The highest BCUT2D eigenvalue weighted by Gasteiger charge is 2.27. The van der Waals surface area contributed by atoms with Gasteiger partial charge in [0.2, 0.25) is 5.82 Å². The largest absolute Gasteiger partial charge is 0.503 e. The zero-order chi connectivity index (χ0) is 15.4. The second-order valence-electron chi connectivity index (χ2n) is 3.75. The highest BCUT2D eigenvalue weighted by Crippen LogP contribution is 2.26. The first-order chi connectivity index (χ1) is 9.29. The van der Waals surface area contributed by atoms with Crippen molar-refractivity contribution in [3.05, 3.63) is 29.1 Å². The summed E-state index contributed by atoms with van der Waals surface area (Å²) in [6.45, 7) is -2.36. The fraction of sp³-hybridized carbons (Fsp3) is 0.364. The van der Waals surface area contributed by atoms with Crippen LogP contribution in [0.25, 0.3) is 0 Å². The van der Waals surface area contributed by atoms with Crippen molar-refractivity contribution >= 4 is 5.91 Å². The number of nitrogens with zero attached hydrogens (tertiary/aromatic N) is 1. The third-order valence-corrected chi connectivity index (χ3v) is 2.38. The summed E-state index contributed by atoms with van der Waals surface area (Å²) >= 11 is 0. The third kappa shape index (κ3) is 3.35. The average molecular weight is 299 g/mol. The number of hydrogen-bond acceptors (Lipinski definition) is 3. The molecule has 0 atom stereocenters. The van der Waals surface area contributed by atoms with E-state index in [-0.39, 0.29) is 6.07 Å². The van der Waals surface area contributed by atoms with Crippen molar-refractivity contribution in [2.24, 2.45) is 0 Å². The van der Waals surface area contributed by atoms with Gasteiger partial charge in [-0.3, -0.25) is 4.79 Å². The molecule has 1 aromatic rings. The molecule has 9 heteroatoms. The number of halogens is 5. The molecule has 0 saturated heterocycles. The van der Waals surface area contributed by atoms with Crippen molar-refractivity contribution in [3.8, 4) is 5.75 Å². The molecule has 0 aromatic heterocycles. The summed E-state index contributed by atoms with van der Waals surface area (Å²) in [6.07, 6.45) is -2.97. The van der Waals surface area contributed by atoms with E-state index in [9.17, 15) is 26.7 Å². The Hall–Kier alpha value is -1.90. The Kier molecular flexibility index (Phi) is 5.26. The number of aromatic hydroxyl groups is 1. The van der Waals surface area contributed by atoms with E-state index in [1.54, 1.807) is 0 Å². The quantitative estimate of drug-likeness (QED) is 0.640. The van der Waals surface area contributed by atoms with E-state index in [2.05, 4.69) is 0 Å². The number of benzene rings is 1. The summed E-state index contributed by atoms with van der Waals surface area (Å²) in [7, 11) is 0. The molecule has 0 aliphatic carbocycles. The highest BCUT2D eigenvalue weighted by atomic mass is 19.3. The number of phenols is 1. The van der Waals surface area contributed by atoms with Gasteiger partial charge in [0.1, 0.15) is 0 Å². The Bertz CT molecular complexity index is 509. The van der Waals surface area contributed by atoms with Gasteiger partial charge in [-0.2, -0.15) is 4.39 Å². The van der Waals surface area contributed by atoms with E-state index in [1.807, 2.05) is 0 Å². The number of phenolic OH excluding ortho intramolecular Hbond substituents is 1. The number of aliphatic hydroxyl groups is 1. The number of carbonyl (C=O) groups excluding carboxylic acids is 1. The number of rotatable bonds is 5. The first-order valence-electron chi connectivity index (χ1n) is 5.34. The van der Waals surface area contributed by atoms with Crippen LogP contribution in [0.4, 0.5) is 22.0 Å². The average Bonchev–Trinajstić information content (AvgIpc) is 2.39. The summed E-state index contributed by atoms with van der Waals surface area (Å²) < 4.78 is 63.9. The number of alkyl halides is 2. The number of hydrogen-bond donors (Lipinski definition) is 2. The molecular formula is C11H10F5NO3. The molecule has 0 bridgehead atoms. The molecule has 1 amide bonds. The van der Waals surface area contributed by atoms with Crippen LogP contribution < -0.4 is 0 Å². The molecule has 0 heterocycles. The first-order valence-corrected chi connectivity index (χ1v) is 5.34. The summed E-state index contributed by atoms with van der Waals surface area (Å²) in [5.74, 6) is -8.46. The van der Waals surface area contributed by atoms with Gasteiger partial charge in [0.15, 0.2) is 17.4 Å². The molecule has 0 radical (unpaired) electrons. The van der Waals surface area contributed by atoms with Crippen LogP contribution in [-0.2, 0) is 0 Å². The molecule has 0 saturated carbocycles. The van der Waals surface area contributed by atoms with Crippen LogP contribution in [0.1, 0.15) is 10.4 Å². The van der Waals surface area contributed by atoms with Crippen LogP contribution in [0, 0.1) is 17.5 Å². The van der Waals surface area contributed by atoms with Gasteiger partial charge in [-0.15, -0.1) is 0 Å². The van der Waals surface area contributed by atoms with E-state index < -0.39 is 60.8 Å². The first kappa shape index (κ1) is 16.2. The summed E-state index contributed by atoms with van der Waals surface area (Å²) in [4.78, 5) is 12.1. The lowest BCUT2D eigenvalue weighted by Gasteiger charge is -2.21. The monoisotopic (exact) mass is 299 g/mol. The zero-order valence-electron chi connectivity index (χ0n) is 9.92. The maximum Gasteiger partial charge on any atom is 0.257 e. The van der Waals surface area contributed by atoms with Crippen LogP contribution in [0.5, 0.6) is 5.75 Å². The van der Waals surface area contributed by atoms with Crippen LogP contribution in [0.2, 0.25) is 0 Å². The molecule has 1 rings (SSSR count). The van der Waals surface area contributed by atoms with Gasteiger partial charge in [-0.1, -0.05) is 0 Å². The number of aliphatic hydroxyl groups excluding tert-OH is 1. The van der Waals surface area contributed by atoms with Gasteiger partial charge >= 0.3 is 0 Å². The molecule has 0 fully saturated rings. The van der Waals surface area contributed by atoms with Crippen molar-refractivity contribution < 1.29 is 37.0 Å². The van der Waals surface area contributed by atoms with Crippen molar-refractivity contribution in [1.82, 2.24) is 4.90 Å². The van der Waals surface area contributed by atoms with Crippen molar-refractivity contribution in [2.45, 2.75) is 6.43 Å². The Morgan fingerprint density at radius 1 is 1.25 bits per heavy atom. The molecule has 20 heavy (non-hydrogen) atoms. The lowest BCUT2D eigenvalue weighted by atomic mass is 10.1. The zero-order valence-corrected chi connectivity index (χ0v) is 9.92. The van der Waals surface area contributed by atoms with Crippen LogP contribution >= 0.6 is 0 Å². The fourth-order valence-electron chi connectivity index (χ4n) is 1.48. The fourth-order valence-corrected chi connectivity index (χ4v) is 1.48. The predicted octanol–water partition coefficient (Wildman–Crippen LogP) is 1.51. The number of carbonyl (C=O) groups is 1. The number of amides is 1. The lowest BCUT2D eigenvalue weighted by Crippen LogP contribution is -2.37. The van der Waals surface area contributed by atoms with Gasteiger partial charge in [-0.25, -0.2) is 17.6 Å². The van der Waals surface area contributed by atoms with E-state index >= 15 is 0 Å². The maximum absolute atomic E-state index is 13.5. The van der Waals surface area contributed by atoms with Crippen molar-refractivity contribution in [2.75, 3.05) is 19.7 Å². The normalized spacial score (nSPS) is 10.9. The van der Waals surface area contributed by atoms with Crippen molar-refractivity contribution in [3.63, 3.8) is 0 Å². The SMILES string of the molecule is O=C(c1cc(F)c(F)c(O)c1F)N(CCO)CC(F)F. The third-order valence-electron chi connectivity index (χ3n) is 2.38. The van der Waals surface area contributed by atoms with E-state index in [0.29, 0.717) is 4.90 Å². The predicted molar refractivity (Wildman–Crippen MR) is 57.0 cm³/mol. The van der Waals surface area contributed by atoms with Gasteiger partial charge in [-0.05, 0) is 6.07 Å². The van der Waals surface area contributed by atoms with Gasteiger partial charge in [0.05, 0.1) is 18.7 Å². The Balaban J connectivity index is 3.18. The minimum absolute atomic E-state index is 0.155. The van der Waals surface area contributed by atoms with Gasteiger partial charge < -0.3 is 15.1 Å². The van der Waals surface area contributed by atoms with Crippen LogP contribution in [-0.4, -0.2) is 47.1 Å². The van der Waals surface area contributed by atoms with Crippen LogP contribution in [0.3, 0.4) is 0 Å². The van der Waals surface area contributed by atoms with E-state index in [4.69, 9.17) is 10.2 Å². The van der Waals surface area contributed by atoms with Crippen molar-refractivity contribution in [1.29, 1.82) is 0 Å². The summed E-state index contributed by atoms with van der Waals surface area (Å²) in [5, 5.41) is 17.6. The Labute approximate surface area is 110 Å². The molecule has 2 N–H and O–H groups in total. The van der Waals surface area contributed by atoms with E-state index in [1.165, 1.54) is 0 Å². The minimum Gasteiger partial charge on any atom is -0.503 e. The highest BCUT2D eigenvalue weighted by molar-refractivity contribution is 5.95. The van der Waals surface area contributed by atoms with Gasteiger partial charge in [0.25, 0.3) is 12.3 Å². The lowest BCUT2D eigenvalue weighted by molar-refractivity contribution is 0.0504. The second-order valence-corrected chi connectivity index (χ2v) is 3.75. The molecule has 0 aliphatic heterocycles. The maximum atomic E-state index is 13.5. The summed E-state index contributed by atoms with van der Waals surface area (Å²) in [6, 6.07) is 0.155. The molecule has 112 valence electrons. The molecule has 4 nitrogen and oxygen atoms in total. The minimum atomic E-state index is -2.97. The molecule has 1 aromatic carbocycles.